The molecule has 0 aromatic heterocycles. The number of carbonyl (C=O) groups excluding carboxylic acids is 2. The SMILES string of the molecule is COC(=O)[C@@H]1CC[C@@H]2CC=C(Br)C(=O)N21. The van der Waals surface area contributed by atoms with Gasteiger partial charge in [0.05, 0.1) is 11.6 Å². The minimum atomic E-state index is -0.395. The number of fused-ring (bicyclic) bond motifs is 1. The lowest BCUT2D eigenvalue weighted by Crippen LogP contribution is -2.46. The van der Waals surface area contributed by atoms with Gasteiger partial charge in [-0.3, -0.25) is 4.79 Å². The third-order valence-electron chi connectivity index (χ3n) is 2.98. The average molecular weight is 274 g/mol. The Hall–Kier alpha value is -0.840. The second-order valence-electron chi connectivity index (χ2n) is 3.77. The fourth-order valence-electron chi connectivity index (χ4n) is 2.24. The molecule has 2 aliphatic heterocycles. The van der Waals surface area contributed by atoms with E-state index in [-0.39, 0.29) is 17.9 Å². The number of nitrogens with zero attached hydrogens (tertiary/aromatic N) is 1. The zero-order valence-electron chi connectivity index (χ0n) is 8.40. The summed E-state index contributed by atoms with van der Waals surface area (Å²) in [5.41, 5.74) is 0. The zero-order chi connectivity index (χ0) is 11.0. The largest absolute Gasteiger partial charge is 0.467 e. The standard InChI is InChI=1S/C10H12BrNO3/c1-15-10(14)8-5-3-6-2-4-7(11)9(13)12(6)8/h4,6,8H,2-3,5H2,1H3/t6-,8-/m0/s1. The molecular weight excluding hydrogens is 262 g/mol. The molecule has 2 aliphatic rings. The van der Waals surface area contributed by atoms with E-state index in [1.54, 1.807) is 4.90 Å². The van der Waals surface area contributed by atoms with Gasteiger partial charge in [0, 0.05) is 6.04 Å². The molecule has 2 rings (SSSR count). The highest BCUT2D eigenvalue weighted by Gasteiger charge is 2.43. The van der Waals surface area contributed by atoms with Crippen molar-refractivity contribution in [3.05, 3.63) is 10.6 Å². The molecule has 2 heterocycles. The first-order valence-electron chi connectivity index (χ1n) is 4.91. The monoisotopic (exact) mass is 273 g/mol. The van der Waals surface area contributed by atoms with E-state index in [2.05, 4.69) is 15.9 Å². The van der Waals surface area contributed by atoms with Gasteiger partial charge in [0.2, 0.25) is 0 Å². The molecule has 0 aromatic carbocycles. The molecule has 0 bridgehead atoms. The molecule has 2 atom stereocenters. The lowest BCUT2D eigenvalue weighted by molar-refractivity contribution is -0.151. The zero-order valence-corrected chi connectivity index (χ0v) is 9.99. The maximum Gasteiger partial charge on any atom is 0.328 e. The first-order chi connectivity index (χ1) is 7.15. The van der Waals surface area contributed by atoms with Crippen molar-refractivity contribution in [1.82, 2.24) is 4.90 Å². The first-order valence-corrected chi connectivity index (χ1v) is 5.70. The van der Waals surface area contributed by atoms with Gasteiger partial charge in [-0.15, -0.1) is 0 Å². The van der Waals surface area contributed by atoms with Gasteiger partial charge in [0.1, 0.15) is 6.04 Å². The van der Waals surface area contributed by atoms with Gasteiger partial charge < -0.3 is 9.64 Å². The molecule has 1 saturated heterocycles. The van der Waals surface area contributed by atoms with E-state index in [1.165, 1.54) is 7.11 Å². The third kappa shape index (κ3) is 1.69. The lowest BCUT2D eigenvalue weighted by atomic mass is 10.1. The number of esters is 1. The van der Waals surface area contributed by atoms with E-state index < -0.39 is 6.04 Å². The topological polar surface area (TPSA) is 46.6 Å². The van der Waals surface area contributed by atoms with E-state index in [1.807, 2.05) is 6.08 Å². The highest BCUT2D eigenvalue weighted by Crippen LogP contribution is 2.33. The highest BCUT2D eigenvalue weighted by atomic mass is 79.9. The minimum absolute atomic E-state index is 0.0980. The molecule has 15 heavy (non-hydrogen) atoms. The summed E-state index contributed by atoms with van der Waals surface area (Å²) in [6.45, 7) is 0. The van der Waals surface area contributed by atoms with Crippen molar-refractivity contribution in [2.75, 3.05) is 7.11 Å². The molecule has 82 valence electrons. The minimum Gasteiger partial charge on any atom is -0.467 e. The van der Waals surface area contributed by atoms with E-state index in [9.17, 15) is 9.59 Å². The van der Waals surface area contributed by atoms with Gasteiger partial charge in [-0.05, 0) is 35.2 Å². The number of methoxy groups -OCH3 is 1. The van der Waals surface area contributed by atoms with Gasteiger partial charge >= 0.3 is 5.97 Å². The maximum atomic E-state index is 11.8. The summed E-state index contributed by atoms with van der Waals surface area (Å²) in [4.78, 5) is 25.0. The van der Waals surface area contributed by atoms with Crippen LogP contribution in [0.15, 0.2) is 10.6 Å². The average Bonchev–Trinajstić information content (AvgIpc) is 2.67. The summed E-state index contributed by atoms with van der Waals surface area (Å²) in [5.74, 6) is -0.410. The van der Waals surface area contributed by atoms with Crippen LogP contribution in [0, 0.1) is 0 Å². The molecule has 1 amide bonds. The normalized spacial score (nSPS) is 29.9. The Kier molecular flexibility index (Phi) is 2.82. The second kappa shape index (κ2) is 3.96. The van der Waals surface area contributed by atoms with Crippen LogP contribution in [0.3, 0.4) is 0 Å². The number of rotatable bonds is 1. The van der Waals surface area contributed by atoms with Gasteiger partial charge in [0.15, 0.2) is 0 Å². The smallest absolute Gasteiger partial charge is 0.328 e. The first kappa shape index (κ1) is 10.7. The van der Waals surface area contributed by atoms with Crippen LogP contribution in [0.1, 0.15) is 19.3 Å². The third-order valence-corrected chi connectivity index (χ3v) is 3.65. The predicted octanol–water partition coefficient (Wildman–Crippen LogP) is 1.20. The lowest BCUT2D eigenvalue weighted by Gasteiger charge is -2.31. The van der Waals surface area contributed by atoms with E-state index in [0.717, 1.165) is 12.8 Å². The molecule has 0 aromatic rings. The Morgan fingerprint density at radius 2 is 2.33 bits per heavy atom. The highest BCUT2D eigenvalue weighted by molar-refractivity contribution is 9.12. The van der Waals surface area contributed by atoms with Crippen molar-refractivity contribution in [2.45, 2.75) is 31.3 Å². The van der Waals surface area contributed by atoms with Gasteiger partial charge in [-0.1, -0.05) is 6.08 Å². The summed E-state index contributed by atoms with van der Waals surface area (Å²) >= 11 is 3.21. The van der Waals surface area contributed by atoms with Crippen LogP contribution in [0.5, 0.6) is 0 Å². The molecule has 0 unspecified atom stereocenters. The van der Waals surface area contributed by atoms with Crippen LogP contribution in [-0.4, -0.2) is 36.0 Å². The van der Waals surface area contributed by atoms with Crippen molar-refractivity contribution in [1.29, 1.82) is 0 Å². The predicted molar refractivity (Wildman–Crippen MR) is 57.3 cm³/mol. The van der Waals surface area contributed by atoms with Gasteiger partial charge in [-0.2, -0.15) is 0 Å². The van der Waals surface area contributed by atoms with Crippen molar-refractivity contribution >= 4 is 27.8 Å². The fourth-order valence-corrected chi connectivity index (χ4v) is 2.63. The van der Waals surface area contributed by atoms with Crippen LogP contribution in [0.25, 0.3) is 0 Å². The van der Waals surface area contributed by atoms with E-state index >= 15 is 0 Å². The van der Waals surface area contributed by atoms with Crippen molar-refractivity contribution in [3.63, 3.8) is 0 Å². The Morgan fingerprint density at radius 1 is 1.60 bits per heavy atom. The maximum absolute atomic E-state index is 11.8. The second-order valence-corrected chi connectivity index (χ2v) is 4.62. The van der Waals surface area contributed by atoms with Crippen LogP contribution < -0.4 is 0 Å². The number of ether oxygens (including phenoxy) is 1. The van der Waals surface area contributed by atoms with Crippen molar-refractivity contribution < 1.29 is 14.3 Å². The van der Waals surface area contributed by atoms with Crippen LogP contribution >= 0.6 is 15.9 Å². The number of hydrogen-bond acceptors (Lipinski definition) is 3. The summed E-state index contributed by atoms with van der Waals surface area (Å²) in [7, 11) is 1.36. The summed E-state index contributed by atoms with van der Waals surface area (Å²) in [6.07, 6.45) is 4.28. The van der Waals surface area contributed by atoms with E-state index in [0.29, 0.717) is 10.9 Å². The summed E-state index contributed by atoms with van der Waals surface area (Å²) in [5, 5.41) is 0. The van der Waals surface area contributed by atoms with Crippen LogP contribution in [-0.2, 0) is 14.3 Å². The van der Waals surface area contributed by atoms with Gasteiger partial charge in [-0.25, -0.2) is 4.79 Å². The molecule has 0 radical (unpaired) electrons. The van der Waals surface area contributed by atoms with Gasteiger partial charge in [0.25, 0.3) is 5.91 Å². The summed E-state index contributed by atoms with van der Waals surface area (Å²) in [6, 6.07) is -0.225. The van der Waals surface area contributed by atoms with Crippen LogP contribution in [0.4, 0.5) is 0 Å². The molecule has 0 saturated carbocycles. The molecule has 0 aliphatic carbocycles. The van der Waals surface area contributed by atoms with Crippen molar-refractivity contribution in [2.24, 2.45) is 0 Å². The molecule has 0 N–H and O–H groups in total. The van der Waals surface area contributed by atoms with Crippen molar-refractivity contribution in [3.8, 4) is 0 Å². The summed E-state index contributed by atoms with van der Waals surface area (Å²) < 4.78 is 5.25. The number of halogens is 1. The Bertz CT molecular complexity index is 340. The Morgan fingerprint density at radius 3 is 3.00 bits per heavy atom. The number of hydrogen-bond donors (Lipinski definition) is 0. The quantitative estimate of drug-likeness (QED) is 0.675. The number of carbonyl (C=O) groups is 2. The fraction of sp³-hybridized carbons (Fsp3) is 0.600. The molecule has 1 fully saturated rings. The van der Waals surface area contributed by atoms with E-state index in [4.69, 9.17) is 4.74 Å². The number of amides is 1. The van der Waals surface area contributed by atoms with Crippen LogP contribution in [0.2, 0.25) is 0 Å². The Labute approximate surface area is 96.4 Å². The molecule has 4 nitrogen and oxygen atoms in total. The Balaban J connectivity index is 2.23. The molecule has 5 heteroatoms. The molecular formula is C10H12BrNO3. The molecule has 0 spiro atoms.